The lowest BCUT2D eigenvalue weighted by Crippen LogP contribution is -2.48. The smallest absolute Gasteiger partial charge is 0.0766 e. The van der Waals surface area contributed by atoms with Gasteiger partial charge in [0.25, 0.3) is 0 Å². The van der Waals surface area contributed by atoms with E-state index in [0.29, 0.717) is 12.6 Å². The summed E-state index contributed by atoms with van der Waals surface area (Å²) in [5, 5.41) is 13.4. The van der Waals surface area contributed by atoms with Gasteiger partial charge in [-0.15, -0.1) is 0 Å². The summed E-state index contributed by atoms with van der Waals surface area (Å²) in [7, 11) is 0. The molecule has 0 aliphatic heterocycles. The Morgan fingerprint density at radius 2 is 1.50 bits per heavy atom. The highest BCUT2D eigenvalue weighted by Gasteiger charge is 2.27. The molecule has 0 radical (unpaired) electrons. The second-order valence-corrected chi connectivity index (χ2v) is 5.98. The van der Waals surface area contributed by atoms with Gasteiger partial charge in [0.2, 0.25) is 0 Å². The number of nitrogens with one attached hydrogen (secondary N) is 1. The van der Waals surface area contributed by atoms with Crippen LogP contribution < -0.4 is 5.32 Å². The van der Waals surface area contributed by atoms with Crippen LogP contribution >= 0.6 is 0 Å². The molecule has 2 nitrogen and oxygen atoms in total. The molecule has 0 aromatic heterocycles. The van der Waals surface area contributed by atoms with Crippen LogP contribution in [0.3, 0.4) is 0 Å². The molecule has 86 valence electrons. The average Bonchev–Trinajstić information content (AvgIpc) is 1.98. The third-order valence-electron chi connectivity index (χ3n) is 3.31. The molecule has 0 saturated carbocycles. The number of rotatable bonds is 4. The van der Waals surface area contributed by atoms with Gasteiger partial charge in [0.05, 0.1) is 5.60 Å². The van der Waals surface area contributed by atoms with Crippen molar-refractivity contribution in [3.05, 3.63) is 0 Å². The molecule has 0 bridgehead atoms. The van der Waals surface area contributed by atoms with Crippen molar-refractivity contribution in [3.63, 3.8) is 0 Å². The summed E-state index contributed by atoms with van der Waals surface area (Å²) in [6.07, 6.45) is 0. The Balaban J connectivity index is 4.07. The van der Waals surface area contributed by atoms with Crippen LogP contribution in [0, 0.1) is 11.3 Å². The van der Waals surface area contributed by atoms with E-state index in [1.54, 1.807) is 0 Å². The first kappa shape index (κ1) is 13.9. The summed E-state index contributed by atoms with van der Waals surface area (Å²) in [6.45, 7) is 15.4. The molecule has 0 spiro atoms. The summed E-state index contributed by atoms with van der Waals surface area (Å²) in [5.41, 5.74) is -0.368. The minimum absolute atomic E-state index is 0.243. The van der Waals surface area contributed by atoms with E-state index in [1.807, 2.05) is 20.8 Å². The molecule has 2 heteroatoms. The van der Waals surface area contributed by atoms with Gasteiger partial charge in [-0.2, -0.15) is 0 Å². The van der Waals surface area contributed by atoms with E-state index in [9.17, 15) is 5.11 Å². The van der Waals surface area contributed by atoms with Crippen molar-refractivity contribution < 1.29 is 5.11 Å². The third-order valence-corrected chi connectivity index (χ3v) is 3.31. The first-order valence-corrected chi connectivity index (χ1v) is 5.53. The van der Waals surface area contributed by atoms with Crippen LogP contribution in [0.5, 0.6) is 0 Å². The van der Waals surface area contributed by atoms with E-state index in [4.69, 9.17) is 0 Å². The molecule has 0 rings (SSSR count). The molecular weight excluding hydrogens is 174 g/mol. The summed E-state index contributed by atoms with van der Waals surface area (Å²) < 4.78 is 0. The highest BCUT2D eigenvalue weighted by Crippen LogP contribution is 2.20. The van der Waals surface area contributed by atoms with Crippen LogP contribution in [0.4, 0.5) is 0 Å². The maximum atomic E-state index is 10.0. The molecule has 0 aliphatic carbocycles. The molecular formula is C12H27NO. The quantitative estimate of drug-likeness (QED) is 0.732. The summed E-state index contributed by atoms with van der Waals surface area (Å²) in [4.78, 5) is 0. The van der Waals surface area contributed by atoms with E-state index in [-0.39, 0.29) is 11.3 Å². The largest absolute Gasteiger partial charge is 0.389 e. The SMILES string of the molecule is CC(NCC(C)(O)C(C)C)C(C)(C)C. The molecule has 0 amide bonds. The Morgan fingerprint density at radius 1 is 1.07 bits per heavy atom. The fraction of sp³-hybridized carbons (Fsp3) is 1.00. The molecule has 0 heterocycles. The van der Waals surface area contributed by atoms with Gasteiger partial charge >= 0.3 is 0 Å². The van der Waals surface area contributed by atoms with Crippen LogP contribution in [0.2, 0.25) is 0 Å². The lowest BCUT2D eigenvalue weighted by molar-refractivity contribution is 0.00898. The molecule has 2 N–H and O–H groups in total. The highest BCUT2D eigenvalue weighted by molar-refractivity contribution is 4.83. The van der Waals surface area contributed by atoms with Gasteiger partial charge in [-0.25, -0.2) is 0 Å². The summed E-state index contributed by atoms with van der Waals surface area (Å²) >= 11 is 0. The predicted octanol–water partition coefficient (Wildman–Crippen LogP) is 2.42. The molecule has 2 unspecified atom stereocenters. The van der Waals surface area contributed by atoms with Crippen LogP contribution in [-0.4, -0.2) is 23.3 Å². The second kappa shape index (κ2) is 4.63. The Morgan fingerprint density at radius 3 is 1.79 bits per heavy atom. The van der Waals surface area contributed by atoms with E-state index >= 15 is 0 Å². The second-order valence-electron chi connectivity index (χ2n) is 5.98. The van der Waals surface area contributed by atoms with Gasteiger partial charge in [0.1, 0.15) is 0 Å². The molecule has 0 fully saturated rings. The minimum atomic E-state index is -0.612. The average molecular weight is 201 g/mol. The maximum Gasteiger partial charge on any atom is 0.0766 e. The topological polar surface area (TPSA) is 32.3 Å². The van der Waals surface area contributed by atoms with Gasteiger partial charge in [-0.1, -0.05) is 34.6 Å². The van der Waals surface area contributed by atoms with Crippen LogP contribution in [0.1, 0.15) is 48.5 Å². The van der Waals surface area contributed by atoms with E-state index < -0.39 is 5.60 Å². The number of hydrogen-bond acceptors (Lipinski definition) is 2. The molecule has 2 atom stereocenters. The maximum absolute atomic E-state index is 10.0. The van der Waals surface area contributed by atoms with Gasteiger partial charge < -0.3 is 10.4 Å². The fourth-order valence-electron chi connectivity index (χ4n) is 0.870. The Kier molecular flexibility index (Phi) is 4.60. The van der Waals surface area contributed by atoms with Gasteiger partial charge in [0.15, 0.2) is 0 Å². The number of aliphatic hydroxyl groups is 1. The zero-order valence-electron chi connectivity index (χ0n) is 10.8. The standard InChI is InChI=1S/C12H27NO/c1-9(2)12(7,14)8-13-10(3)11(4,5)6/h9-10,13-14H,8H2,1-7H3. The Hall–Kier alpha value is -0.0800. The monoisotopic (exact) mass is 201 g/mol. The first-order valence-electron chi connectivity index (χ1n) is 5.53. The molecule has 0 aromatic rings. The lowest BCUT2D eigenvalue weighted by atomic mass is 9.86. The summed E-state index contributed by atoms with van der Waals surface area (Å²) in [6, 6.07) is 0.410. The van der Waals surface area contributed by atoms with Crippen molar-refractivity contribution in [3.8, 4) is 0 Å². The molecule has 0 saturated heterocycles. The van der Waals surface area contributed by atoms with Gasteiger partial charge in [0, 0.05) is 12.6 Å². The summed E-state index contributed by atoms with van der Waals surface area (Å²) in [5.74, 6) is 0.280. The van der Waals surface area contributed by atoms with Gasteiger partial charge in [-0.05, 0) is 25.2 Å². The third kappa shape index (κ3) is 4.43. The van der Waals surface area contributed by atoms with Gasteiger partial charge in [-0.3, -0.25) is 0 Å². The normalized spacial score (nSPS) is 19.5. The molecule has 0 aliphatic rings. The van der Waals surface area contributed by atoms with Crippen molar-refractivity contribution >= 4 is 0 Å². The van der Waals surface area contributed by atoms with Crippen LogP contribution in [0.15, 0.2) is 0 Å². The zero-order chi connectivity index (χ0) is 11.6. The molecule has 14 heavy (non-hydrogen) atoms. The fourth-order valence-corrected chi connectivity index (χ4v) is 0.870. The first-order chi connectivity index (χ1) is 6.07. The Bertz CT molecular complexity index is 168. The lowest BCUT2D eigenvalue weighted by Gasteiger charge is -2.34. The highest BCUT2D eigenvalue weighted by atomic mass is 16.3. The van der Waals surface area contributed by atoms with E-state index in [2.05, 4.69) is 33.0 Å². The van der Waals surface area contributed by atoms with Crippen molar-refractivity contribution in [2.24, 2.45) is 11.3 Å². The van der Waals surface area contributed by atoms with Crippen molar-refractivity contribution in [2.45, 2.75) is 60.1 Å². The predicted molar refractivity (Wildman–Crippen MR) is 62.4 cm³/mol. The zero-order valence-corrected chi connectivity index (χ0v) is 10.8. The van der Waals surface area contributed by atoms with Crippen LogP contribution in [-0.2, 0) is 0 Å². The van der Waals surface area contributed by atoms with E-state index in [1.165, 1.54) is 0 Å². The van der Waals surface area contributed by atoms with Crippen LogP contribution in [0.25, 0.3) is 0 Å². The number of hydrogen-bond donors (Lipinski definition) is 2. The van der Waals surface area contributed by atoms with E-state index in [0.717, 1.165) is 0 Å². The Labute approximate surface area is 89.1 Å². The van der Waals surface area contributed by atoms with Crippen molar-refractivity contribution in [1.82, 2.24) is 5.32 Å². The minimum Gasteiger partial charge on any atom is -0.389 e. The molecule has 0 aromatic carbocycles. The van der Waals surface area contributed by atoms with Crippen molar-refractivity contribution in [2.75, 3.05) is 6.54 Å². The van der Waals surface area contributed by atoms with Crippen molar-refractivity contribution in [1.29, 1.82) is 0 Å².